The van der Waals surface area contributed by atoms with Crippen molar-refractivity contribution in [1.82, 2.24) is 25.5 Å². The van der Waals surface area contributed by atoms with Crippen molar-refractivity contribution in [2.75, 3.05) is 19.8 Å². The van der Waals surface area contributed by atoms with Crippen LogP contribution in [0.4, 0.5) is 0 Å². The van der Waals surface area contributed by atoms with E-state index in [2.05, 4.69) is 39.9 Å². The van der Waals surface area contributed by atoms with E-state index in [0.29, 0.717) is 6.04 Å². The molecule has 7 heteroatoms. The molecule has 1 atom stereocenters. The molecule has 0 radical (unpaired) electrons. The number of halogens is 1. The first-order valence-corrected chi connectivity index (χ1v) is 9.41. The van der Waals surface area contributed by atoms with Crippen LogP contribution in [0.15, 0.2) is 24.3 Å². The highest BCUT2D eigenvalue weighted by molar-refractivity contribution is 6.30. The molecule has 2 heterocycles. The number of tetrazole rings is 1. The van der Waals surface area contributed by atoms with Crippen LogP contribution in [0.1, 0.15) is 56.1 Å². The van der Waals surface area contributed by atoms with Crippen LogP contribution in [0.3, 0.4) is 0 Å². The lowest BCUT2D eigenvalue weighted by Gasteiger charge is -2.39. The molecule has 4 rings (SSSR count). The highest BCUT2D eigenvalue weighted by Gasteiger charge is 2.36. The molecule has 1 aliphatic heterocycles. The number of nitrogens with one attached hydrogen (secondary N) is 1. The van der Waals surface area contributed by atoms with E-state index in [-0.39, 0.29) is 11.5 Å². The number of nitrogens with zero attached hydrogens (tertiary/aromatic N) is 4. The molecule has 2 aliphatic rings. The van der Waals surface area contributed by atoms with E-state index in [9.17, 15) is 0 Å². The number of hydrogen-bond acceptors (Lipinski definition) is 5. The number of ether oxygens (including phenoxy) is 1. The van der Waals surface area contributed by atoms with E-state index in [1.54, 1.807) is 0 Å². The zero-order valence-electron chi connectivity index (χ0n) is 14.5. The van der Waals surface area contributed by atoms with E-state index < -0.39 is 0 Å². The summed E-state index contributed by atoms with van der Waals surface area (Å²) in [7, 11) is 0. The van der Waals surface area contributed by atoms with Gasteiger partial charge in [0.05, 0.1) is 12.1 Å². The molecule has 0 spiro atoms. The van der Waals surface area contributed by atoms with Gasteiger partial charge in [-0.05, 0) is 60.7 Å². The lowest BCUT2D eigenvalue weighted by atomic mass is 9.74. The van der Waals surface area contributed by atoms with Crippen LogP contribution in [-0.2, 0) is 10.2 Å². The zero-order valence-corrected chi connectivity index (χ0v) is 15.2. The van der Waals surface area contributed by atoms with Crippen molar-refractivity contribution in [2.45, 2.75) is 50.1 Å². The third-order valence-electron chi connectivity index (χ3n) is 5.43. The first-order valence-electron chi connectivity index (χ1n) is 9.03. The monoisotopic (exact) mass is 361 g/mol. The van der Waals surface area contributed by atoms with Crippen LogP contribution < -0.4 is 5.32 Å². The van der Waals surface area contributed by atoms with Crippen molar-refractivity contribution in [1.29, 1.82) is 0 Å². The second-order valence-electron chi connectivity index (χ2n) is 7.22. The average Bonchev–Trinajstić information content (AvgIpc) is 3.37. The number of hydrogen-bond donors (Lipinski definition) is 1. The molecule has 0 bridgehead atoms. The maximum atomic E-state index is 6.25. The molecule has 1 N–H and O–H groups in total. The smallest absolute Gasteiger partial charge is 0.168 e. The Balaban J connectivity index is 1.52. The van der Waals surface area contributed by atoms with E-state index in [4.69, 9.17) is 16.3 Å². The van der Waals surface area contributed by atoms with Gasteiger partial charge in [-0.2, -0.15) is 0 Å². The zero-order chi connectivity index (χ0) is 17.3. The molecular weight excluding hydrogens is 338 g/mol. The van der Waals surface area contributed by atoms with Gasteiger partial charge in [-0.25, -0.2) is 4.68 Å². The summed E-state index contributed by atoms with van der Waals surface area (Å²) in [5.41, 5.74) is 1.32. The SMILES string of the molecule is CC(NCC1(c2cccc(Cl)c2)CCOCC1)c1nnnn1C1CC1. The highest BCUT2D eigenvalue weighted by Crippen LogP contribution is 2.37. The van der Waals surface area contributed by atoms with E-state index >= 15 is 0 Å². The molecular formula is C18H24ClN5O. The second kappa shape index (κ2) is 7.02. The normalized spacial score (nSPS) is 21.2. The average molecular weight is 362 g/mol. The molecule has 1 saturated carbocycles. The van der Waals surface area contributed by atoms with Crippen molar-refractivity contribution in [2.24, 2.45) is 0 Å². The predicted molar refractivity (Wildman–Crippen MR) is 95.7 cm³/mol. The minimum Gasteiger partial charge on any atom is -0.381 e. The summed E-state index contributed by atoms with van der Waals surface area (Å²) >= 11 is 6.25. The Hall–Kier alpha value is -1.50. The van der Waals surface area contributed by atoms with Gasteiger partial charge in [0.2, 0.25) is 0 Å². The number of aromatic nitrogens is 4. The second-order valence-corrected chi connectivity index (χ2v) is 7.65. The molecule has 2 aromatic rings. The van der Waals surface area contributed by atoms with Gasteiger partial charge < -0.3 is 10.1 Å². The van der Waals surface area contributed by atoms with Crippen LogP contribution >= 0.6 is 11.6 Å². The molecule has 1 aliphatic carbocycles. The number of benzene rings is 1. The van der Waals surface area contributed by atoms with Gasteiger partial charge in [-0.15, -0.1) is 5.10 Å². The first kappa shape index (κ1) is 16.9. The Morgan fingerprint density at radius 1 is 1.36 bits per heavy atom. The Morgan fingerprint density at radius 2 is 2.16 bits per heavy atom. The van der Waals surface area contributed by atoms with E-state index in [1.165, 1.54) is 18.4 Å². The van der Waals surface area contributed by atoms with Gasteiger partial charge in [0, 0.05) is 30.2 Å². The van der Waals surface area contributed by atoms with Gasteiger partial charge in [0.25, 0.3) is 0 Å². The molecule has 0 amide bonds. The largest absolute Gasteiger partial charge is 0.381 e. The summed E-state index contributed by atoms with van der Waals surface area (Å²) in [6.45, 7) is 4.55. The fourth-order valence-electron chi connectivity index (χ4n) is 3.65. The molecule has 134 valence electrons. The Labute approximate surface area is 152 Å². The van der Waals surface area contributed by atoms with Crippen molar-refractivity contribution in [3.8, 4) is 0 Å². The molecule has 2 fully saturated rings. The fourth-order valence-corrected chi connectivity index (χ4v) is 3.84. The van der Waals surface area contributed by atoms with Gasteiger partial charge in [0.15, 0.2) is 5.82 Å². The summed E-state index contributed by atoms with van der Waals surface area (Å²) in [5.74, 6) is 0.927. The molecule has 25 heavy (non-hydrogen) atoms. The summed E-state index contributed by atoms with van der Waals surface area (Å²) in [6.07, 6.45) is 4.32. The van der Waals surface area contributed by atoms with Crippen molar-refractivity contribution in [3.05, 3.63) is 40.7 Å². The summed E-state index contributed by atoms with van der Waals surface area (Å²) in [6, 6.07) is 8.82. The van der Waals surface area contributed by atoms with Crippen molar-refractivity contribution < 1.29 is 4.74 Å². The third kappa shape index (κ3) is 3.57. The maximum absolute atomic E-state index is 6.25. The van der Waals surface area contributed by atoms with E-state index in [0.717, 1.165) is 43.4 Å². The predicted octanol–water partition coefficient (Wildman–Crippen LogP) is 3.06. The Kier molecular flexibility index (Phi) is 4.75. The van der Waals surface area contributed by atoms with Crippen LogP contribution in [0.5, 0.6) is 0 Å². The maximum Gasteiger partial charge on any atom is 0.168 e. The molecule has 1 unspecified atom stereocenters. The van der Waals surface area contributed by atoms with Gasteiger partial charge in [-0.3, -0.25) is 0 Å². The van der Waals surface area contributed by atoms with Gasteiger partial charge in [-0.1, -0.05) is 23.7 Å². The van der Waals surface area contributed by atoms with Crippen LogP contribution in [0, 0.1) is 0 Å². The van der Waals surface area contributed by atoms with E-state index in [1.807, 2.05) is 16.8 Å². The van der Waals surface area contributed by atoms with Gasteiger partial charge in [0.1, 0.15) is 0 Å². The molecule has 6 nitrogen and oxygen atoms in total. The van der Waals surface area contributed by atoms with Crippen LogP contribution in [0.25, 0.3) is 0 Å². The molecule has 1 aromatic carbocycles. The molecule has 1 aromatic heterocycles. The topological polar surface area (TPSA) is 64.9 Å². The minimum atomic E-state index is 0.0370. The Morgan fingerprint density at radius 3 is 2.88 bits per heavy atom. The van der Waals surface area contributed by atoms with Crippen molar-refractivity contribution in [3.63, 3.8) is 0 Å². The summed E-state index contributed by atoms with van der Waals surface area (Å²) in [4.78, 5) is 0. The highest BCUT2D eigenvalue weighted by atomic mass is 35.5. The van der Waals surface area contributed by atoms with Crippen LogP contribution in [0.2, 0.25) is 5.02 Å². The standard InChI is InChI=1S/C18H24ClN5O/c1-13(17-21-22-23-24(17)16-5-6-16)20-12-18(7-9-25-10-8-18)14-3-2-4-15(19)11-14/h2-4,11,13,16,20H,5-10,12H2,1H3. The number of rotatable bonds is 6. The molecule has 1 saturated heterocycles. The first-order chi connectivity index (χ1) is 12.2. The van der Waals surface area contributed by atoms with Crippen molar-refractivity contribution >= 4 is 11.6 Å². The fraction of sp³-hybridized carbons (Fsp3) is 0.611. The lowest BCUT2D eigenvalue weighted by molar-refractivity contribution is 0.0489. The lowest BCUT2D eigenvalue weighted by Crippen LogP contribution is -2.43. The minimum absolute atomic E-state index is 0.0370. The quantitative estimate of drug-likeness (QED) is 0.856. The summed E-state index contributed by atoms with van der Waals surface area (Å²) in [5, 5.41) is 16.7. The third-order valence-corrected chi connectivity index (χ3v) is 5.67. The summed E-state index contributed by atoms with van der Waals surface area (Å²) < 4.78 is 7.60. The van der Waals surface area contributed by atoms with Crippen LogP contribution in [-0.4, -0.2) is 40.0 Å². The van der Waals surface area contributed by atoms with Gasteiger partial charge >= 0.3 is 0 Å². The Bertz CT molecular complexity index is 724.